The maximum absolute atomic E-state index is 13.1. The van der Waals surface area contributed by atoms with Crippen molar-refractivity contribution in [2.45, 2.75) is 19.3 Å². The molecule has 4 aromatic rings. The Hall–Kier alpha value is -5.53. The van der Waals surface area contributed by atoms with Crippen LogP contribution in [0.5, 0.6) is 51.7 Å². The molecule has 1 amide bonds. The second-order valence-electron chi connectivity index (χ2n) is 11.2. The van der Waals surface area contributed by atoms with Crippen molar-refractivity contribution in [1.29, 1.82) is 5.26 Å². The number of nitrogens with one attached hydrogen (secondary N) is 1. The van der Waals surface area contributed by atoms with Crippen LogP contribution in [-0.4, -0.2) is 74.1 Å². The number of nitrogens with zero attached hydrogens (tertiary/aromatic N) is 1. The van der Waals surface area contributed by atoms with Gasteiger partial charge >= 0.3 is 0 Å². The van der Waals surface area contributed by atoms with E-state index >= 15 is 0 Å². The van der Waals surface area contributed by atoms with Crippen molar-refractivity contribution in [3.05, 3.63) is 66.2 Å². The van der Waals surface area contributed by atoms with E-state index in [9.17, 15) is 9.90 Å². The van der Waals surface area contributed by atoms with Gasteiger partial charge in [-0.25, -0.2) is 0 Å². The van der Waals surface area contributed by atoms with Crippen molar-refractivity contribution >= 4 is 34.8 Å². The van der Waals surface area contributed by atoms with Crippen molar-refractivity contribution in [3.63, 3.8) is 0 Å². The lowest BCUT2D eigenvalue weighted by molar-refractivity contribution is -0.116. The molecule has 0 aliphatic carbocycles. The Morgan fingerprint density at radius 2 is 1.04 bits per heavy atom. The third-order valence-corrected chi connectivity index (χ3v) is 13.1. The monoisotopic (exact) mass is 719 g/mol. The summed E-state index contributed by atoms with van der Waals surface area (Å²) in [5.41, 5.74) is 1.09. The summed E-state index contributed by atoms with van der Waals surface area (Å²) in [5.74, 6) is 3.13. The van der Waals surface area contributed by atoms with E-state index in [-0.39, 0.29) is 18.1 Å². The summed E-state index contributed by atoms with van der Waals surface area (Å²) in [7, 11) is 9.02. The molecule has 51 heavy (non-hydrogen) atoms. The Kier molecular flexibility index (Phi) is 13.1. The summed E-state index contributed by atoms with van der Waals surface area (Å²) in [5, 5.41) is 25.8. The molecule has 0 fully saturated rings. The molecule has 2 N–H and O–H groups in total. The molecular formula is C38H44N2O10P+. The third kappa shape index (κ3) is 7.95. The normalized spacial score (nSPS) is 10.8. The number of phenolic OH excluding ortho intramolecular Hbond substituents is 1. The highest BCUT2D eigenvalue weighted by atomic mass is 31.2. The van der Waals surface area contributed by atoms with E-state index in [1.807, 2.05) is 0 Å². The molecule has 12 nitrogen and oxygen atoms in total. The van der Waals surface area contributed by atoms with Gasteiger partial charge in [0, 0.05) is 48.5 Å². The minimum absolute atomic E-state index is 0.0991. The lowest BCUT2D eigenvalue weighted by Crippen LogP contribution is -2.37. The van der Waals surface area contributed by atoms with Crippen LogP contribution >= 0.6 is 7.26 Å². The van der Waals surface area contributed by atoms with Crippen LogP contribution in [-0.2, 0) is 4.79 Å². The van der Waals surface area contributed by atoms with Crippen LogP contribution in [0, 0.1) is 11.3 Å². The third-order valence-electron chi connectivity index (χ3n) is 8.45. The smallest absolute Gasteiger partial charge is 0.224 e. The summed E-state index contributed by atoms with van der Waals surface area (Å²) >= 11 is 0. The first kappa shape index (κ1) is 38.3. The van der Waals surface area contributed by atoms with Crippen molar-refractivity contribution in [2.75, 3.05) is 68.4 Å². The van der Waals surface area contributed by atoms with E-state index in [4.69, 9.17) is 43.2 Å². The summed E-state index contributed by atoms with van der Waals surface area (Å²) in [6.45, 7) is 0. The van der Waals surface area contributed by atoms with Crippen molar-refractivity contribution in [3.8, 4) is 57.8 Å². The van der Waals surface area contributed by atoms with E-state index in [2.05, 4.69) is 11.4 Å². The molecule has 4 rings (SSSR count). The second kappa shape index (κ2) is 17.4. The number of carbonyl (C=O) groups excluding carboxylic acids is 1. The molecule has 0 atom stereocenters. The van der Waals surface area contributed by atoms with E-state index in [0.29, 0.717) is 92.2 Å². The minimum atomic E-state index is -3.29. The molecule has 270 valence electrons. The van der Waals surface area contributed by atoms with Gasteiger partial charge in [0.25, 0.3) is 0 Å². The van der Waals surface area contributed by atoms with Gasteiger partial charge in [-0.05, 0) is 37.1 Å². The second-order valence-corrected chi connectivity index (χ2v) is 14.6. The fraction of sp³-hybridized carbons (Fsp3) is 0.316. The van der Waals surface area contributed by atoms with Crippen molar-refractivity contribution in [1.82, 2.24) is 0 Å². The van der Waals surface area contributed by atoms with Crippen LogP contribution < -0.4 is 59.1 Å². The Labute approximate surface area is 299 Å². The molecule has 0 heterocycles. The fourth-order valence-corrected chi connectivity index (χ4v) is 11.3. The number of anilines is 1. The Morgan fingerprint density at radius 3 is 1.43 bits per heavy atom. The van der Waals surface area contributed by atoms with Crippen LogP contribution in [0.25, 0.3) is 0 Å². The average molecular weight is 720 g/mol. The summed E-state index contributed by atoms with van der Waals surface area (Å²) in [4.78, 5) is 13.1. The van der Waals surface area contributed by atoms with Gasteiger partial charge in [-0.3, -0.25) is 4.79 Å². The molecule has 0 saturated heterocycles. The Bertz CT molecular complexity index is 1760. The number of phenols is 1. The average Bonchev–Trinajstić information content (AvgIpc) is 3.17. The first-order valence-corrected chi connectivity index (χ1v) is 17.9. The maximum Gasteiger partial charge on any atom is 0.224 e. The van der Waals surface area contributed by atoms with Gasteiger partial charge in [0.1, 0.15) is 24.5 Å². The fourth-order valence-electron chi connectivity index (χ4n) is 6.11. The Balaban J connectivity index is 2.03. The van der Waals surface area contributed by atoms with Gasteiger partial charge < -0.3 is 48.3 Å². The molecule has 0 aliphatic heterocycles. The minimum Gasteiger partial charge on any atom is -0.504 e. The standard InChI is InChI=1S/C38H43N2O10P/c1-43-26-17-29(41)36(30(18-26)46-4)51(37-31(47-5)19-27(44-2)20-32(37)48-6,38-33(49-7)21-28(45-3)22-34(38)50-8)16-10-9-11-35(42)40-25-14-12-24(23-39)13-15-25/h12-15,17-22H,9-11,16H2,1-8H3,(H-,40,41,42)/p+1. The molecule has 0 radical (unpaired) electrons. The van der Waals surface area contributed by atoms with Crippen LogP contribution in [0.1, 0.15) is 24.8 Å². The predicted molar refractivity (Wildman–Crippen MR) is 198 cm³/mol. The number of carbonyl (C=O) groups is 1. The van der Waals surface area contributed by atoms with Gasteiger partial charge in [-0.2, -0.15) is 5.26 Å². The van der Waals surface area contributed by atoms with Gasteiger partial charge in [0.15, 0.2) is 50.4 Å². The summed E-state index contributed by atoms with van der Waals surface area (Å²) in [6.07, 6.45) is 1.51. The van der Waals surface area contributed by atoms with Crippen molar-refractivity contribution < 1.29 is 47.8 Å². The number of ether oxygens (including phenoxy) is 8. The first-order valence-electron chi connectivity index (χ1n) is 15.9. The largest absolute Gasteiger partial charge is 0.504 e. The van der Waals surface area contributed by atoms with E-state index < -0.39 is 7.26 Å². The topological polar surface area (TPSA) is 147 Å². The number of amides is 1. The number of hydrogen-bond donors (Lipinski definition) is 2. The zero-order valence-electron chi connectivity index (χ0n) is 30.1. The SMILES string of the molecule is COc1cc(O)c([P+](CCCCC(=O)Nc2ccc(C#N)cc2)(c2c(OC)cc(OC)cc2OC)c2c(OC)cc(OC)cc2OC)c(OC)c1. The highest BCUT2D eigenvalue weighted by Gasteiger charge is 2.57. The highest BCUT2D eigenvalue weighted by Crippen LogP contribution is 2.66. The zero-order valence-corrected chi connectivity index (χ0v) is 31.0. The molecule has 0 spiro atoms. The van der Waals surface area contributed by atoms with Gasteiger partial charge in [0.2, 0.25) is 5.91 Å². The molecule has 4 aromatic carbocycles. The van der Waals surface area contributed by atoms with Crippen LogP contribution in [0.2, 0.25) is 0 Å². The lowest BCUT2D eigenvalue weighted by atomic mass is 10.2. The molecule has 0 aliphatic rings. The van der Waals surface area contributed by atoms with Gasteiger partial charge in [-0.1, -0.05) is 0 Å². The summed E-state index contributed by atoms with van der Waals surface area (Å²) < 4.78 is 47.1. The van der Waals surface area contributed by atoms with Crippen LogP contribution in [0.15, 0.2) is 60.7 Å². The predicted octanol–water partition coefficient (Wildman–Crippen LogP) is 5.44. The number of aromatic hydroxyl groups is 1. The van der Waals surface area contributed by atoms with Crippen LogP contribution in [0.3, 0.4) is 0 Å². The van der Waals surface area contributed by atoms with Crippen molar-refractivity contribution in [2.24, 2.45) is 0 Å². The molecule has 0 saturated carbocycles. The van der Waals surface area contributed by atoms with E-state index in [1.54, 1.807) is 97.3 Å². The van der Waals surface area contributed by atoms with E-state index in [1.165, 1.54) is 20.3 Å². The summed E-state index contributed by atoms with van der Waals surface area (Å²) in [6, 6.07) is 19.0. The van der Waals surface area contributed by atoms with Gasteiger partial charge in [-0.15, -0.1) is 0 Å². The first-order chi connectivity index (χ1) is 24.7. The van der Waals surface area contributed by atoms with Crippen LogP contribution in [0.4, 0.5) is 5.69 Å². The number of methoxy groups -OCH3 is 8. The Morgan fingerprint density at radius 1 is 0.627 bits per heavy atom. The number of rotatable bonds is 17. The molecular weight excluding hydrogens is 675 g/mol. The molecule has 0 unspecified atom stereocenters. The number of hydrogen-bond acceptors (Lipinski definition) is 11. The molecule has 0 aromatic heterocycles. The number of benzene rings is 4. The zero-order chi connectivity index (χ0) is 37.1. The highest BCUT2D eigenvalue weighted by molar-refractivity contribution is 7.96. The molecule has 0 bridgehead atoms. The van der Waals surface area contributed by atoms with E-state index in [0.717, 1.165) is 0 Å². The van der Waals surface area contributed by atoms with Gasteiger partial charge in [0.05, 0.1) is 74.7 Å². The maximum atomic E-state index is 13.1. The lowest BCUT2D eigenvalue weighted by Gasteiger charge is -2.33. The quantitative estimate of drug-likeness (QED) is 0.106. The number of nitriles is 1. The molecule has 13 heteroatoms. The number of unbranched alkanes of at least 4 members (excludes halogenated alkanes) is 1.